The van der Waals surface area contributed by atoms with Gasteiger partial charge in [0, 0.05) is 36.2 Å². The van der Waals surface area contributed by atoms with Crippen molar-refractivity contribution in [3.8, 4) is 0 Å². The minimum absolute atomic E-state index is 0.00250. The standard InChI is InChI=1S/C26H34N4O3S3/c1-14(2)9-18-17-12-33-26(3,4)10-16(17)20-21-22(36-23(20)28-18)24(30-25(29-21)34-5)35-13-19(31)27-11-15-7-6-8-32-15/h14-15H,6-13H2,1-5H3,(H,27,31). The number of hydrogen-bond donors (Lipinski definition) is 1. The van der Waals surface area contributed by atoms with Gasteiger partial charge in [-0.25, -0.2) is 15.0 Å². The zero-order chi connectivity index (χ0) is 25.4. The van der Waals surface area contributed by atoms with Gasteiger partial charge in [-0.15, -0.1) is 11.3 Å². The molecule has 1 amide bonds. The second-order valence-corrected chi connectivity index (χ2v) is 13.3. The minimum Gasteiger partial charge on any atom is -0.376 e. The molecule has 1 N–H and O–H groups in total. The molecule has 0 aliphatic carbocycles. The first-order valence-electron chi connectivity index (χ1n) is 12.6. The van der Waals surface area contributed by atoms with E-state index in [-0.39, 0.29) is 17.6 Å². The van der Waals surface area contributed by atoms with Gasteiger partial charge in [0.15, 0.2) is 5.16 Å². The SMILES string of the molecule is CSc1nc(SCC(=O)NCC2CCCO2)c2sc3nc(CC(C)C)c4c(c3c2n1)CC(C)(C)OC4. The van der Waals surface area contributed by atoms with Crippen LogP contribution in [0, 0.1) is 5.92 Å². The van der Waals surface area contributed by atoms with E-state index in [9.17, 15) is 4.79 Å². The molecule has 1 atom stereocenters. The molecular weight excluding hydrogens is 513 g/mol. The Hall–Kier alpha value is -1.46. The van der Waals surface area contributed by atoms with E-state index in [0.29, 0.717) is 24.8 Å². The second kappa shape index (κ2) is 10.7. The van der Waals surface area contributed by atoms with Crippen LogP contribution in [0.1, 0.15) is 57.4 Å². The molecule has 5 rings (SSSR count). The fourth-order valence-corrected chi connectivity index (χ4v) is 7.38. The topological polar surface area (TPSA) is 86.2 Å². The van der Waals surface area contributed by atoms with Crippen molar-refractivity contribution in [2.75, 3.05) is 25.2 Å². The normalized spacial score (nSPS) is 19.3. The van der Waals surface area contributed by atoms with E-state index in [0.717, 1.165) is 68.6 Å². The summed E-state index contributed by atoms with van der Waals surface area (Å²) < 4.78 is 12.9. The number of carbonyl (C=O) groups excluding carboxylic acids is 1. The van der Waals surface area contributed by atoms with Crippen LogP contribution in [0.3, 0.4) is 0 Å². The van der Waals surface area contributed by atoms with Crippen molar-refractivity contribution >= 4 is 61.2 Å². The van der Waals surface area contributed by atoms with Crippen LogP contribution in [-0.4, -0.2) is 57.7 Å². The summed E-state index contributed by atoms with van der Waals surface area (Å²) >= 11 is 4.65. The average molecular weight is 547 g/mol. The van der Waals surface area contributed by atoms with E-state index in [4.69, 9.17) is 24.4 Å². The Morgan fingerprint density at radius 3 is 2.81 bits per heavy atom. The number of carbonyl (C=O) groups is 1. The summed E-state index contributed by atoms with van der Waals surface area (Å²) in [6.45, 7) is 10.7. The smallest absolute Gasteiger partial charge is 0.230 e. The number of amides is 1. The van der Waals surface area contributed by atoms with E-state index in [1.165, 1.54) is 34.7 Å². The third kappa shape index (κ3) is 5.53. The van der Waals surface area contributed by atoms with Crippen molar-refractivity contribution in [3.05, 3.63) is 16.8 Å². The number of thioether (sulfide) groups is 2. The zero-order valence-corrected chi connectivity index (χ0v) is 24.1. The zero-order valence-electron chi connectivity index (χ0n) is 21.6. The minimum atomic E-state index is -0.237. The average Bonchev–Trinajstić information content (AvgIpc) is 3.47. The predicted octanol–water partition coefficient (Wildman–Crippen LogP) is 5.40. The van der Waals surface area contributed by atoms with Crippen LogP contribution >= 0.6 is 34.9 Å². The highest BCUT2D eigenvalue weighted by molar-refractivity contribution is 8.00. The Kier molecular flexibility index (Phi) is 7.79. The van der Waals surface area contributed by atoms with E-state index in [1.54, 1.807) is 11.3 Å². The molecule has 1 unspecified atom stereocenters. The molecule has 0 radical (unpaired) electrons. The van der Waals surface area contributed by atoms with Crippen molar-refractivity contribution < 1.29 is 14.3 Å². The molecule has 7 nitrogen and oxygen atoms in total. The van der Waals surface area contributed by atoms with Gasteiger partial charge in [0.2, 0.25) is 5.91 Å². The van der Waals surface area contributed by atoms with Crippen LogP contribution in [0.5, 0.6) is 0 Å². The summed E-state index contributed by atoms with van der Waals surface area (Å²) in [5.74, 6) is 0.819. The Balaban J connectivity index is 1.52. The van der Waals surface area contributed by atoms with Crippen LogP contribution in [0.2, 0.25) is 0 Å². The van der Waals surface area contributed by atoms with Crippen LogP contribution in [0.15, 0.2) is 10.2 Å². The highest BCUT2D eigenvalue weighted by Gasteiger charge is 2.32. The lowest BCUT2D eigenvalue weighted by molar-refractivity contribution is -0.119. The van der Waals surface area contributed by atoms with Gasteiger partial charge >= 0.3 is 0 Å². The number of rotatable bonds is 8. The molecule has 0 bridgehead atoms. The van der Waals surface area contributed by atoms with Gasteiger partial charge in [-0.3, -0.25) is 4.79 Å². The maximum Gasteiger partial charge on any atom is 0.230 e. The maximum absolute atomic E-state index is 12.6. The van der Waals surface area contributed by atoms with Crippen molar-refractivity contribution in [1.82, 2.24) is 20.3 Å². The first-order chi connectivity index (χ1) is 17.2. The van der Waals surface area contributed by atoms with E-state index < -0.39 is 0 Å². The molecule has 1 saturated heterocycles. The summed E-state index contributed by atoms with van der Waals surface area (Å²) in [5.41, 5.74) is 4.39. The lowest BCUT2D eigenvalue weighted by Gasteiger charge is -2.33. The summed E-state index contributed by atoms with van der Waals surface area (Å²) in [4.78, 5) is 28.5. The van der Waals surface area contributed by atoms with E-state index in [2.05, 4.69) is 33.0 Å². The summed E-state index contributed by atoms with van der Waals surface area (Å²) in [6.07, 6.45) is 5.95. The molecule has 36 heavy (non-hydrogen) atoms. The van der Waals surface area contributed by atoms with Gasteiger partial charge in [-0.05, 0) is 50.8 Å². The highest BCUT2D eigenvalue weighted by atomic mass is 32.2. The molecule has 194 valence electrons. The molecule has 3 aromatic heterocycles. The molecule has 0 aromatic carbocycles. The fraction of sp³-hybridized carbons (Fsp3) is 0.615. The number of nitrogens with one attached hydrogen (secondary N) is 1. The van der Waals surface area contributed by atoms with Crippen LogP contribution in [-0.2, 0) is 33.7 Å². The van der Waals surface area contributed by atoms with Gasteiger partial charge in [0.25, 0.3) is 0 Å². The lowest BCUT2D eigenvalue weighted by atomic mass is 9.88. The molecule has 0 spiro atoms. The van der Waals surface area contributed by atoms with Crippen LogP contribution in [0.25, 0.3) is 20.4 Å². The number of fused-ring (bicyclic) bond motifs is 5. The number of nitrogens with zero attached hydrogens (tertiary/aromatic N) is 3. The lowest BCUT2D eigenvalue weighted by Crippen LogP contribution is -2.33. The van der Waals surface area contributed by atoms with Gasteiger partial charge in [-0.1, -0.05) is 37.4 Å². The summed E-state index contributed by atoms with van der Waals surface area (Å²) in [7, 11) is 0. The van der Waals surface area contributed by atoms with Crippen molar-refractivity contribution in [2.24, 2.45) is 5.92 Å². The molecular formula is C26H34N4O3S3. The van der Waals surface area contributed by atoms with E-state index >= 15 is 0 Å². The Bertz CT molecular complexity index is 1280. The van der Waals surface area contributed by atoms with Gasteiger partial charge in [0.1, 0.15) is 9.86 Å². The maximum atomic E-state index is 12.6. The third-order valence-corrected chi connectivity index (χ3v) is 9.33. The molecule has 2 aliphatic heterocycles. The highest BCUT2D eigenvalue weighted by Crippen LogP contribution is 2.43. The second-order valence-electron chi connectivity index (χ2n) is 10.5. The first-order valence-corrected chi connectivity index (χ1v) is 15.6. The Labute approximate surface area is 224 Å². The molecule has 5 heterocycles. The van der Waals surface area contributed by atoms with Gasteiger partial charge in [-0.2, -0.15) is 0 Å². The van der Waals surface area contributed by atoms with Crippen molar-refractivity contribution in [1.29, 1.82) is 0 Å². The third-order valence-electron chi connectivity index (χ3n) is 6.60. The quantitative estimate of drug-likeness (QED) is 0.228. The fourth-order valence-electron chi connectivity index (χ4n) is 4.86. The van der Waals surface area contributed by atoms with Crippen LogP contribution in [0.4, 0.5) is 0 Å². The predicted molar refractivity (Wildman–Crippen MR) is 148 cm³/mol. The molecule has 3 aromatic rings. The summed E-state index contributed by atoms with van der Waals surface area (Å²) in [6, 6.07) is 0. The number of aromatic nitrogens is 3. The number of hydrogen-bond acceptors (Lipinski definition) is 9. The summed E-state index contributed by atoms with van der Waals surface area (Å²) in [5, 5.41) is 5.72. The Morgan fingerprint density at radius 2 is 2.08 bits per heavy atom. The molecule has 1 fully saturated rings. The number of pyridine rings is 1. The first kappa shape index (κ1) is 26.2. The van der Waals surface area contributed by atoms with Crippen molar-refractivity contribution in [2.45, 2.75) is 81.9 Å². The Morgan fingerprint density at radius 1 is 1.25 bits per heavy atom. The van der Waals surface area contributed by atoms with E-state index in [1.807, 2.05) is 6.26 Å². The van der Waals surface area contributed by atoms with Crippen molar-refractivity contribution in [3.63, 3.8) is 0 Å². The van der Waals surface area contributed by atoms with Gasteiger partial charge < -0.3 is 14.8 Å². The monoisotopic (exact) mass is 546 g/mol. The van der Waals surface area contributed by atoms with Gasteiger partial charge in [0.05, 0.1) is 34.3 Å². The number of thiophene rings is 1. The molecule has 0 saturated carbocycles. The molecule has 10 heteroatoms. The largest absolute Gasteiger partial charge is 0.376 e. The van der Waals surface area contributed by atoms with Crippen LogP contribution < -0.4 is 5.32 Å². The number of ether oxygens (including phenoxy) is 2. The molecule has 2 aliphatic rings.